The smallest absolute Gasteiger partial charge is 0.272 e. The second kappa shape index (κ2) is 13.3. The van der Waals surface area contributed by atoms with Crippen molar-refractivity contribution in [3.63, 3.8) is 0 Å². The zero-order valence-electron chi connectivity index (χ0n) is 21.3. The van der Waals surface area contributed by atoms with Crippen molar-refractivity contribution in [3.8, 4) is 5.75 Å². The fourth-order valence-corrected chi connectivity index (χ4v) is 3.65. The summed E-state index contributed by atoms with van der Waals surface area (Å²) in [7, 11) is 0. The summed E-state index contributed by atoms with van der Waals surface area (Å²) in [6.07, 6.45) is 7.96. The first-order valence-electron chi connectivity index (χ1n) is 12.4. The van der Waals surface area contributed by atoms with Gasteiger partial charge < -0.3 is 15.4 Å². The number of hydrogen-bond donors (Lipinski definition) is 2. The average molecular weight is 518 g/mol. The van der Waals surface area contributed by atoms with Crippen molar-refractivity contribution >= 4 is 35.4 Å². The number of amides is 2. The highest BCUT2D eigenvalue weighted by atomic mass is 16.5. The van der Waals surface area contributed by atoms with Gasteiger partial charge in [-0.15, -0.1) is 0 Å². The van der Waals surface area contributed by atoms with Gasteiger partial charge in [0.2, 0.25) is 0 Å². The normalized spacial score (nSPS) is 11.2. The number of para-hydroxylation sites is 1. The van der Waals surface area contributed by atoms with Crippen LogP contribution in [0.3, 0.4) is 0 Å². The molecule has 0 atom stereocenters. The quantitative estimate of drug-likeness (QED) is 0.205. The van der Waals surface area contributed by atoms with Gasteiger partial charge in [0.25, 0.3) is 11.8 Å². The molecule has 0 fully saturated rings. The van der Waals surface area contributed by atoms with Crippen LogP contribution >= 0.6 is 0 Å². The van der Waals surface area contributed by atoms with Gasteiger partial charge in [-0.1, -0.05) is 42.5 Å². The molecule has 4 rings (SSSR count). The van der Waals surface area contributed by atoms with Crippen LogP contribution in [0, 0.1) is 0 Å². The molecule has 1 heterocycles. The van der Waals surface area contributed by atoms with E-state index < -0.39 is 11.8 Å². The largest absolute Gasteiger partial charge is 0.493 e. The van der Waals surface area contributed by atoms with Gasteiger partial charge in [-0.2, -0.15) is 0 Å². The molecule has 1 aromatic heterocycles. The lowest BCUT2D eigenvalue weighted by atomic mass is 10.1. The van der Waals surface area contributed by atoms with Crippen molar-refractivity contribution in [1.82, 2.24) is 10.3 Å². The van der Waals surface area contributed by atoms with Crippen LogP contribution in [0.25, 0.3) is 12.2 Å². The van der Waals surface area contributed by atoms with E-state index in [9.17, 15) is 14.4 Å². The van der Waals surface area contributed by atoms with Gasteiger partial charge in [-0.3, -0.25) is 19.4 Å². The van der Waals surface area contributed by atoms with Crippen LogP contribution < -0.4 is 15.4 Å². The maximum absolute atomic E-state index is 13.1. The van der Waals surface area contributed by atoms with E-state index in [2.05, 4.69) is 15.6 Å². The minimum absolute atomic E-state index is 0.0490. The van der Waals surface area contributed by atoms with Crippen molar-refractivity contribution in [2.75, 3.05) is 11.9 Å². The molecule has 4 aromatic rings. The molecule has 0 saturated heterocycles. The zero-order chi connectivity index (χ0) is 27.5. The van der Waals surface area contributed by atoms with Gasteiger partial charge in [0.15, 0.2) is 5.78 Å². The van der Waals surface area contributed by atoms with E-state index in [1.54, 1.807) is 91.3 Å². The Balaban J connectivity index is 1.47. The lowest BCUT2D eigenvalue weighted by Gasteiger charge is -2.11. The van der Waals surface area contributed by atoms with Crippen molar-refractivity contribution in [1.29, 1.82) is 0 Å². The van der Waals surface area contributed by atoms with Gasteiger partial charge >= 0.3 is 0 Å². The van der Waals surface area contributed by atoms with Crippen LogP contribution in [-0.4, -0.2) is 29.2 Å². The predicted octanol–water partition coefficient (Wildman–Crippen LogP) is 5.79. The molecule has 0 aliphatic heterocycles. The summed E-state index contributed by atoms with van der Waals surface area (Å²) in [5.41, 5.74) is 2.85. The van der Waals surface area contributed by atoms with Crippen LogP contribution in [-0.2, 0) is 4.79 Å². The Morgan fingerprint density at radius 3 is 2.31 bits per heavy atom. The number of anilines is 1. The minimum Gasteiger partial charge on any atom is -0.493 e. The molecule has 0 spiro atoms. The van der Waals surface area contributed by atoms with Crippen LogP contribution in [0.15, 0.2) is 115 Å². The molecular weight excluding hydrogens is 490 g/mol. The van der Waals surface area contributed by atoms with Crippen LogP contribution in [0.2, 0.25) is 0 Å². The van der Waals surface area contributed by atoms with Gasteiger partial charge in [0.05, 0.1) is 6.61 Å². The van der Waals surface area contributed by atoms with Gasteiger partial charge in [-0.25, -0.2) is 0 Å². The first kappa shape index (κ1) is 26.8. The van der Waals surface area contributed by atoms with Crippen LogP contribution in [0.4, 0.5) is 5.69 Å². The van der Waals surface area contributed by atoms with E-state index in [1.165, 1.54) is 6.08 Å². The van der Waals surface area contributed by atoms with Crippen molar-refractivity contribution in [3.05, 3.63) is 137 Å². The number of carbonyl (C=O) groups is 3. The number of nitrogens with zero attached hydrogens (tertiary/aromatic N) is 1. The number of allylic oxidation sites excluding steroid dienone is 1. The molecule has 0 aliphatic carbocycles. The maximum Gasteiger partial charge on any atom is 0.272 e. The fraction of sp³-hybridized carbons (Fsp3) is 0.0625. The number of benzene rings is 3. The SMILES string of the molecule is CCOc1ccccc1/C=C/C(=O)c1ccc(NC(=O)/C(=C/c2cccnc2)NC(=O)c2ccccc2)cc1. The Labute approximate surface area is 226 Å². The third kappa shape index (κ3) is 7.60. The topological polar surface area (TPSA) is 97.4 Å². The maximum atomic E-state index is 13.1. The van der Waals surface area contributed by atoms with Crippen molar-refractivity contribution in [2.45, 2.75) is 6.92 Å². The van der Waals surface area contributed by atoms with E-state index in [-0.39, 0.29) is 11.5 Å². The third-order valence-electron chi connectivity index (χ3n) is 5.58. The van der Waals surface area contributed by atoms with Gasteiger partial charge in [-0.05, 0) is 79.2 Å². The summed E-state index contributed by atoms with van der Waals surface area (Å²) in [6.45, 7) is 2.43. The number of ketones is 1. The van der Waals surface area contributed by atoms with E-state index in [1.807, 2.05) is 31.2 Å². The summed E-state index contributed by atoms with van der Waals surface area (Å²) in [4.78, 5) is 42.7. The highest BCUT2D eigenvalue weighted by molar-refractivity contribution is 6.11. The average Bonchev–Trinajstić information content (AvgIpc) is 2.97. The highest BCUT2D eigenvalue weighted by Crippen LogP contribution is 2.20. The summed E-state index contributed by atoms with van der Waals surface area (Å²) in [6, 6.07) is 26.1. The van der Waals surface area contributed by atoms with E-state index in [4.69, 9.17) is 4.74 Å². The molecule has 194 valence electrons. The molecule has 0 aliphatic rings. The zero-order valence-corrected chi connectivity index (χ0v) is 21.3. The second-order valence-corrected chi connectivity index (χ2v) is 8.36. The molecule has 7 heteroatoms. The first-order chi connectivity index (χ1) is 19.0. The number of aromatic nitrogens is 1. The lowest BCUT2D eigenvalue weighted by molar-refractivity contribution is -0.113. The monoisotopic (exact) mass is 517 g/mol. The molecule has 2 amide bonds. The molecule has 2 N–H and O–H groups in total. The Morgan fingerprint density at radius 2 is 1.59 bits per heavy atom. The molecule has 0 bridgehead atoms. The Morgan fingerprint density at radius 1 is 0.846 bits per heavy atom. The number of ether oxygens (including phenoxy) is 1. The molecule has 0 radical (unpaired) electrons. The van der Waals surface area contributed by atoms with E-state index >= 15 is 0 Å². The van der Waals surface area contributed by atoms with Crippen molar-refractivity contribution in [2.24, 2.45) is 0 Å². The molecule has 7 nitrogen and oxygen atoms in total. The standard InChI is InChI=1S/C32H27N3O4/c1-2-39-30-13-7-6-10-25(30)16-19-29(36)24-14-17-27(18-15-24)34-32(38)28(21-23-9-8-20-33-22-23)35-31(37)26-11-4-3-5-12-26/h3-22H,2H2,1H3,(H,34,38)(H,35,37)/b19-16+,28-21-. The second-order valence-electron chi connectivity index (χ2n) is 8.36. The first-order valence-corrected chi connectivity index (χ1v) is 12.4. The summed E-state index contributed by atoms with van der Waals surface area (Å²) in [5, 5.41) is 5.46. The fourth-order valence-electron chi connectivity index (χ4n) is 3.65. The molecule has 0 unspecified atom stereocenters. The number of nitrogens with one attached hydrogen (secondary N) is 2. The van der Waals surface area contributed by atoms with Crippen molar-refractivity contribution < 1.29 is 19.1 Å². The molecular formula is C32H27N3O4. The molecule has 39 heavy (non-hydrogen) atoms. The minimum atomic E-state index is -0.519. The molecule has 3 aromatic carbocycles. The summed E-state index contributed by atoms with van der Waals surface area (Å²) >= 11 is 0. The highest BCUT2D eigenvalue weighted by Gasteiger charge is 2.15. The number of carbonyl (C=O) groups excluding carboxylic acids is 3. The number of pyridine rings is 1. The number of hydrogen-bond acceptors (Lipinski definition) is 5. The van der Waals surface area contributed by atoms with Crippen LogP contribution in [0.5, 0.6) is 5.75 Å². The predicted molar refractivity (Wildman–Crippen MR) is 152 cm³/mol. The Bertz CT molecular complexity index is 1500. The van der Waals surface area contributed by atoms with E-state index in [0.29, 0.717) is 34.7 Å². The Hall–Kier alpha value is -5.30. The summed E-state index contributed by atoms with van der Waals surface area (Å²) in [5.74, 6) is -0.419. The van der Waals surface area contributed by atoms with E-state index in [0.717, 1.165) is 5.56 Å². The number of rotatable bonds is 10. The van der Waals surface area contributed by atoms with Crippen LogP contribution in [0.1, 0.15) is 38.8 Å². The summed E-state index contributed by atoms with van der Waals surface area (Å²) < 4.78 is 5.60. The lowest BCUT2D eigenvalue weighted by Crippen LogP contribution is -2.30. The van der Waals surface area contributed by atoms with Gasteiger partial charge in [0.1, 0.15) is 11.4 Å². The van der Waals surface area contributed by atoms with Gasteiger partial charge in [0, 0.05) is 34.8 Å². The third-order valence-corrected chi connectivity index (χ3v) is 5.58. The Kier molecular flexibility index (Phi) is 9.13. The molecule has 0 saturated carbocycles.